The van der Waals surface area contributed by atoms with Gasteiger partial charge in [0, 0.05) is 0 Å². The van der Waals surface area contributed by atoms with Crippen LogP contribution in [-0.2, 0) is 0 Å². The van der Waals surface area contributed by atoms with Crippen molar-refractivity contribution in [2.45, 2.75) is 18.5 Å². The van der Waals surface area contributed by atoms with Gasteiger partial charge in [0.15, 0.2) is 0 Å². The number of rotatable bonds is 3. The summed E-state index contributed by atoms with van der Waals surface area (Å²) in [5, 5.41) is 0. The lowest BCUT2D eigenvalue weighted by Crippen LogP contribution is -2.45. The second-order valence-corrected chi connectivity index (χ2v) is 3.11. The van der Waals surface area contributed by atoms with Gasteiger partial charge in [0.2, 0.25) is 0 Å². The first kappa shape index (κ1) is 13.5. The molecule has 0 aliphatic carbocycles. The summed E-state index contributed by atoms with van der Waals surface area (Å²) in [5.41, 5.74) is 4.86. The highest BCUT2D eigenvalue weighted by molar-refractivity contribution is 5.51. The number of hydrogen-bond acceptors (Lipinski definition) is 2. The molecule has 0 fully saturated rings. The topological polar surface area (TPSA) is 35.2 Å². The fourth-order valence-electron chi connectivity index (χ4n) is 0.962. The molecule has 1 aromatic carbocycles. The quantitative estimate of drug-likeness (QED) is 0.668. The van der Waals surface area contributed by atoms with Gasteiger partial charge in [0.05, 0.1) is 5.69 Å². The number of benzene rings is 1. The lowest BCUT2D eigenvalue weighted by atomic mass is 10.3. The van der Waals surface area contributed by atoms with Crippen LogP contribution in [0, 0.1) is 0 Å². The summed E-state index contributed by atoms with van der Waals surface area (Å²) >= 11 is 0. The van der Waals surface area contributed by atoms with Crippen LogP contribution >= 0.6 is 0 Å². The van der Waals surface area contributed by atoms with E-state index >= 15 is 0 Å². The van der Waals surface area contributed by atoms with E-state index in [4.69, 9.17) is 5.73 Å². The summed E-state index contributed by atoms with van der Waals surface area (Å²) in [4.78, 5) is 0. The molecule has 0 aromatic heterocycles. The average Bonchev–Trinajstić information content (AvgIpc) is 2.19. The number of nitrogens with two attached hydrogens (primary N) is 1. The predicted molar refractivity (Wildman–Crippen MR) is 47.4 cm³/mol. The molecule has 0 radical (unpaired) electrons. The predicted octanol–water partition coefficient (Wildman–Crippen LogP) is 3.14. The minimum atomic E-state index is -5.72. The van der Waals surface area contributed by atoms with Crippen LogP contribution in [-0.4, -0.2) is 18.5 Å². The minimum absolute atomic E-state index is 0.318. The van der Waals surface area contributed by atoms with Gasteiger partial charge in [-0.15, -0.1) is 0 Å². The monoisotopic (exact) mass is 259 g/mol. The molecule has 0 amide bonds. The molecule has 0 spiro atoms. The van der Waals surface area contributed by atoms with Crippen molar-refractivity contribution in [2.75, 3.05) is 5.73 Å². The molecule has 0 saturated heterocycles. The Kier molecular flexibility index (Phi) is 3.44. The van der Waals surface area contributed by atoms with Crippen LogP contribution in [0.3, 0.4) is 0 Å². The third kappa shape index (κ3) is 3.18. The highest BCUT2D eigenvalue weighted by atomic mass is 19.4. The number of alkyl halides is 6. The number of anilines is 1. The van der Waals surface area contributed by atoms with Crippen molar-refractivity contribution in [3.05, 3.63) is 24.3 Å². The molecule has 0 heterocycles. The van der Waals surface area contributed by atoms with Gasteiger partial charge in [0.25, 0.3) is 6.17 Å². The van der Waals surface area contributed by atoms with Gasteiger partial charge in [-0.05, 0) is 12.1 Å². The Balaban J connectivity index is 2.90. The first-order valence-electron chi connectivity index (χ1n) is 4.26. The third-order valence-electron chi connectivity index (χ3n) is 1.75. The molecule has 17 heavy (non-hydrogen) atoms. The molecule has 1 aromatic rings. The summed E-state index contributed by atoms with van der Waals surface area (Å²) in [6, 6.07) is 4.61. The molecule has 2 nitrogen and oxygen atoms in total. The van der Waals surface area contributed by atoms with Gasteiger partial charge in [0.1, 0.15) is 5.75 Å². The van der Waals surface area contributed by atoms with E-state index < -0.39 is 24.2 Å². The molecule has 0 aliphatic heterocycles. The van der Waals surface area contributed by atoms with Gasteiger partial charge in [-0.2, -0.15) is 22.0 Å². The normalized spacial score (nSPS) is 14.5. The minimum Gasteiger partial charge on any atom is -0.428 e. The highest BCUT2D eigenvalue weighted by Gasteiger charge is 2.59. The molecule has 0 unspecified atom stereocenters. The molecule has 2 N–H and O–H groups in total. The van der Waals surface area contributed by atoms with Crippen molar-refractivity contribution >= 4 is 5.69 Å². The van der Waals surface area contributed by atoms with Crippen LogP contribution < -0.4 is 10.5 Å². The van der Waals surface area contributed by atoms with Crippen LogP contribution in [0.2, 0.25) is 0 Å². The van der Waals surface area contributed by atoms with Crippen molar-refractivity contribution in [3.63, 3.8) is 0 Å². The highest BCUT2D eigenvalue weighted by Crippen LogP contribution is 2.37. The van der Waals surface area contributed by atoms with Gasteiger partial charge >= 0.3 is 12.3 Å². The molecule has 0 aliphatic rings. The van der Waals surface area contributed by atoms with Crippen LogP contribution in [0.4, 0.5) is 32.0 Å². The van der Waals surface area contributed by atoms with Crippen molar-refractivity contribution in [1.29, 1.82) is 0 Å². The molecular weight excluding hydrogens is 252 g/mol. The van der Waals surface area contributed by atoms with E-state index in [1.807, 2.05) is 0 Å². The van der Waals surface area contributed by atoms with E-state index in [2.05, 4.69) is 4.74 Å². The lowest BCUT2D eigenvalue weighted by molar-refractivity contribution is -0.304. The molecule has 1 rings (SSSR count). The second kappa shape index (κ2) is 4.34. The van der Waals surface area contributed by atoms with Gasteiger partial charge in [-0.3, -0.25) is 0 Å². The summed E-state index contributed by atoms with van der Waals surface area (Å²) in [6.45, 7) is 0. The molecule has 8 heteroatoms. The lowest BCUT2D eigenvalue weighted by Gasteiger charge is -2.23. The van der Waals surface area contributed by atoms with Crippen LogP contribution in [0.5, 0.6) is 5.75 Å². The fraction of sp³-hybridized carbons (Fsp3) is 0.333. The summed E-state index contributed by atoms with van der Waals surface area (Å²) < 4.78 is 77.1. The van der Waals surface area contributed by atoms with Gasteiger partial charge in [-0.25, -0.2) is 4.39 Å². The molecule has 96 valence electrons. The van der Waals surface area contributed by atoms with Crippen LogP contribution in [0.1, 0.15) is 0 Å². The molecule has 1 atom stereocenters. The van der Waals surface area contributed by atoms with Crippen LogP contribution in [0.15, 0.2) is 24.3 Å². The molecule has 0 bridgehead atoms. The zero-order chi connectivity index (χ0) is 13.3. The van der Waals surface area contributed by atoms with Crippen LogP contribution in [0.25, 0.3) is 0 Å². The van der Waals surface area contributed by atoms with E-state index in [9.17, 15) is 26.3 Å². The van der Waals surface area contributed by atoms with E-state index in [0.717, 1.165) is 12.1 Å². The van der Waals surface area contributed by atoms with E-state index in [1.54, 1.807) is 0 Å². The summed E-state index contributed by atoms with van der Waals surface area (Å²) in [7, 11) is 0. The maximum Gasteiger partial charge on any atom is 0.439 e. The van der Waals surface area contributed by atoms with Crippen molar-refractivity contribution in [3.8, 4) is 5.75 Å². The Morgan fingerprint density at radius 3 is 2.06 bits per heavy atom. The van der Waals surface area contributed by atoms with E-state index in [0.29, 0.717) is 0 Å². The van der Waals surface area contributed by atoms with E-state index in [-0.39, 0.29) is 5.69 Å². The molecule has 0 saturated carbocycles. The maximum absolute atomic E-state index is 12.8. The maximum atomic E-state index is 12.8. The van der Waals surface area contributed by atoms with Crippen molar-refractivity contribution in [2.24, 2.45) is 0 Å². The fourth-order valence-corrected chi connectivity index (χ4v) is 0.962. The Hall–Kier alpha value is -1.60. The second-order valence-electron chi connectivity index (χ2n) is 3.11. The zero-order valence-electron chi connectivity index (χ0n) is 8.14. The average molecular weight is 259 g/mol. The first-order chi connectivity index (χ1) is 7.64. The Morgan fingerprint density at radius 1 is 1.06 bits per heavy atom. The van der Waals surface area contributed by atoms with E-state index in [1.165, 1.54) is 12.1 Å². The Bertz CT molecular complexity index is 391. The zero-order valence-corrected chi connectivity index (χ0v) is 8.14. The third-order valence-corrected chi connectivity index (χ3v) is 1.75. The van der Waals surface area contributed by atoms with Crippen molar-refractivity contribution < 1.29 is 31.1 Å². The SMILES string of the molecule is Nc1ccccc1OC(F)(F)[C@H](F)C(F)(F)F. The van der Waals surface area contributed by atoms with Gasteiger partial charge < -0.3 is 10.5 Å². The largest absolute Gasteiger partial charge is 0.439 e. The number of hydrogen-bond donors (Lipinski definition) is 1. The summed E-state index contributed by atoms with van der Waals surface area (Å²) in [6.07, 6.45) is -15.2. The number of halogens is 6. The smallest absolute Gasteiger partial charge is 0.428 e. The number of ether oxygens (including phenoxy) is 1. The summed E-state index contributed by atoms with van der Waals surface area (Å²) in [5.74, 6) is -0.718. The Labute approximate surface area is 92.0 Å². The molecular formula is C9H7F6NO. The van der Waals surface area contributed by atoms with Crippen molar-refractivity contribution in [1.82, 2.24) is 0 Å². The standard InChI is InChI=1S/C9H7F6NO/c10-7(8(11,12)13)9(14,15)17-6-4-2-1-3-5(6)16/h1-4,7H,16H2/t7-/m1/s1. The first-order valence-corrected chi connectivity index (χ1v) is 4.26. The van der Waals surface area contributed by atoms with Gasteiger partial charge in [-0.1, -0.05) is 12.1 Å². The number of nitrogen functional groups attached to an aromatic ring is 1. The number of para-hydroxylation sites is 2. The Morgan fingerprint density at radius 2 is 1.59 bits per heavy atom.